The number of amides is 1. The second kappa shape index (κ2) is 5.63. The number of nitrogens with zero attached hydrogens (tertiary/aromatic N) is 1. The van der Waals surface area contributed by atoms with Gasteiger partial charge in [0.05, 0.1) is 5.57 Å². The van der Waals surface area contributed by atoms with Crippen LogP contribution in [0.1, 0.15) is 51.7 Å². The molecule has 1 aromatic rings. The molecule has 0 aromatic carbocycles. The fourth-order valence-electron chi connectivity index (χ4n) is 2.66. The van der Waals surface area contributed by atoms with Gasteiger partial charge in [0.1, 0.15) is 17.6 Å². The monoisotopic (exact) mass is 305 g/mol. The Morgan fingerprint density at radius 2 is 2.00 bits per heavy atom. The van der Waals surface area contributed by atoms with E-state index in [1.165, 1.54) is 4.90 Å². The van der Waals surface area contributed by atoms with E-state index in [0.717, 1.165) is 6.42 Å². The third kappa shape index (κ3) is 2.67. The molecule has 2 rings (SSSR count). The van der Waals surface area contributed by atoms with Crippen LogP contribution in [0.4, 0.5) is 0 Å². The van der Waals surface area contributed by atoms with E-state index in [4.69, 9.17) is 4.42 Å². The highest BCUT2D eigenvalue weighted by Gasteiger charge is 2.46. The van der Waals surface area contributed by atoms with Crippen molar-refractivity contribution in [2.75, 3.05) is 6.54 Å². The number of carbonyl (C=O) groups excluding carboxylic acids is 2. The van der Waals surface area contributed by atoms with E-state index in [2.05, 4.69) is 0 Å². The molecule has 1 aliphatic heterocycles. The van der Waals surface area contributed by atoms with Crippen molar-refractivity contribution in [1.82, 2.24) is 4.90 Å². The first-order valence-electron chi connectivity index (χ1n) is 7.53. The van der Waals surface area contributed by atoms with Crippen molar-refractivity contribution >= 4 is 11.7 Å². The molecule has 0 fully saturated rings. The minimum Gasteiger partial charge on any atom is -0.503 e. The largest absolute Gasteiger partial charge is 0.503 e. The van der Waals surface area contributed by atoms with E-state index in [1.54, 1.807) is 39.8 Å². The molecule has 0 saturated heterocycles. The van der Waals surface area contributed by atoms with Crippen LogP contribution in [-0.4, -0.2) is 28.2 Å². The molecule has 22 heavy (non-hydrogen) atoms. The summed E-state index contributed by atoms with van der Waals surface area (Å²) in [4.78, 5) is 26.6. The SMILES string of the molecule is CCCN1C(=O)C(O)=C(C(=O)C(C)(C)C)C1c1ccc(C)o1. The Kier molecular flexibility index (Phi) is 4.18. The van der Waals surface area contributed by atoms with Crippen LogP contribution < -0.4 is 0 Å². The van der Waals surface area contributed by atoms with Crippen LogP contribution in [0.5, 0.6) is 0 Å². The molecule has 1 amide bonds. The molecule has 1 aromatic heterocycles. The highest BCUT2D eigenvalue weighted by molar-refractivity contribution is 6.10. The average Bonchev–Trinajstić information content (AvgIpc) is 2.94. The van der Waals surface area contributed by atoms with E-state index in [-0.39, 0.29) is 11.4 Å². The lowest BCUT2D eigenvalue weighted by Gasteiger charge is -2.26. The number of rotatable bonds is 4. The summed E-state index contributed by atoms with van der Waals surface area (Å²) in [6.45, 7) is 9.51. The fourth-order valence-corrected chi connectivity index (χ4v) is 2.66. The number of aliphatic hydroxyl groups excluding tert-OH is 1. The van der Waals surface area contributed by atoms with E-state index in [1.807, 2.05) is 6.92 Å². The zero-order valence-electron chi connectivity index (χ0n) is 13.8. The van der Waals surface area contributed by atoms with Crippen molar-refractivity contribution in [3.05, 3.63) is 35.0 Å². The predicted molar refractivity (Wildman–Crippen MR) is 82.3 cm³/mol. The first-order valence-corrected chi connectivity index (χ1v) is 7.53. The number of ketones is 1. The Morgan fingerprint density at radius 3 is 2.45 bits per heavy atom. The summed E-state index contributed by atoms with van der Waals surface area (Å²) < 4.78 is 5.64. The molecule has 1 atom stereocenters. The second-order valence-corrected chi connectivity index (χ2v) is 6.69. The molecule has 1 unspecified atom stereocenters. The quantitative estimate of drug-likeness (QED) is 0.926. The maximum absolute atomic E-state index is 12.7. The summed E-state index contributed by atoms with van der Waals surface area (Å²) >= 11 is 0. The fraction of sp³-hybridized carbons (Fsp3) is 0.529. The molecule has 5 heteroatoms. The van der Waals surface area contributed by atoms with Gasteiger partial charge in [0, 0.05) is 12.0 Å². The van der Waals surface area contributed by atoms with Crippen LogP contribution in [0.3, 0.4) is 0 Å². The van der Waals surface area contributed by atoms with Gasteiger partial charge in [-0.2, -0.15) is 0 Å². The normalized spacial score (nSPS) is 19.2. The molecule has 0 radical (unpaired) electrons. The van der Waals surface area contributed by atoms with E-state index in [0.29, 0.717) is 18.1 Å². The lowest BCUT2D eigenvalue weighted by atomic mass is 9.83. The highest BCUT2D eigenvalue weighted by atomic mass is 16.3. The van der Waals surface area contributed by atoms with Gasteiger partial charge < -0.3 is 14.4 Å². The standard InChI is InChI=1S/C17H23NO4/c1-6-9-18-13(11-8-7-10(2)22-11)12(14(19)16(18)21)15(20)17(3,4)5/h7-8,13,19H,6,9H2,1-5H3. The van der Waals surface area contributed by atoms with Crippen molar-refractivity contribution in [1.29, 1.82) is 0 Å². The van der Waals surface area contributed by atoms with E-state index >= 15 is 0 Å². The van der Waals surface area contributed by atoms with Gasteiger partial charge in [-0.3, -0.25) is 9.59 Å². The second-order valence-electron chi connectivity index (χ2n) is 6.69. The third-order valence-electron chi connectivity index (χ3n) is 3.72. The number of furan rings is 1. The molecular formula is C17H23NO4. The average molecular weight is 305 g/mol. The number of aliphatic hydroxyl groups is 1. The molecule has 5 nitrogen and oxygen atoms in total. The van der Waals surface area contributed by atoms with Crippen molar-refractivity contribution in [2.45, 2.75) is 47.1 Å². The van der Waals surface area contributed by atoms with Crippen LogP contribution in [0, 0.1) is 12.3 Å². The van der Waals surface area contributed by atoms with Gasteiger partial charge in [0.2, 0.25) is 0 Å². The van der Waals surface area contributed by atoms with Gasteiger partial charge in [-0.15, -0.1) is 0 Å². The van der Waals surface area contributed by atoms with Crippen LogP contribution in [-0.2, 0) is 9.59 Å². The zero-order valence-corrected chi connectivity index (χ0v) is 13.8. The van der Waals surface area contributed by atoms with Crippen molar-refractivity contribution in [3.8, 4) is 0 Å². The maximum atomic E-state index is 12.7. The molecule has 120 valence electrons. The van der Waals surface area contributed by atoms with Crippen LogP contribution >= 0.6 is 0 Å². The van der Waals surface area contributed by atoms with Crippen molar-refractivity contribution in [2.24, 2.45) is 5.41 Å². The summed E-state index contributed by atoms with van der Waals surface area (Å²) in [5, 5.41) is 10.3. The minimum atomic E-state index is -0.689. The lowest BCUT2D eigenvalue weighted by molar-refractivity contribution is -0.129. The number of carbonyl (C=O) groups is 2. The van der Waals surface area contributed by atoms with Crippen LogP contribution in [0.2, 0.25) is 0 Å². The molecule has 1 aliphatic rings. The van der Waals surface area contributed by atoms with E-state index < -0.39 is 23.1 Å². The van der Waals surface area contributed by atoms with Crippen molar-refractivity contribution in [3.63, 3.8) is 0 Å². The summed E-state index contributed by atoms with van der Waals surface area (Å²) in [6.07, 6.45) is 0.728. The van der Waals surface area contributed by atoms with Gasteiger partial charge in [0.25, 0.3) is 5.91 Å². The minimum absolute atomic E-state index is 0.139. The van der Waals surface area contributed by atoms with Crippen molar-refractivity contribution < 1.29 is 19.1 Å². The maximum Gasteiger partial charge on any atom is 0.290 e. The smallest absolute Gasteiger partial charge is 0.290 e. The Morgan fingerprint density at radius 1 is 1.36 bits per heavy atom. The predicted octanol–water partition coefficient (Wildman–Crippen LogP) is 3.31. The van der Waals surface area contributed by atoms with Gasteiger partial charge in [-0.05, 0) is 25.5 Å². The molecular weight excluding hydrogens is 282 g/mol. The molecule has 0 aliphatic carbocycles. The molecule has 2 heterocycles. The topological polar surface area (TPSA) is 70.8 Å². The number of hydrogen-bond acceptors (Lipinski definition) is 4. The Hall–Kier alpha value is -2.04. The Balaban J connectivity index is 2.55. The zero-order chi connectivity index (χ0) is 16.7. The Bertz CT molecular complexity index is 633. The summed E-state index contributed by atoms with van der Waals surface area (Å²) in [5.74, 6) is 0.0146. The molecule has 0 bridgehead atoms. The van der Waals surface area contributed by atoms with Gasteiger partial charge in [-0.25, -0.2) is 0 Å². The number of aryl methyl sites for hydroxylation is 1. The molecule has 0 spiro atoms. The molecule has 1 N–H and O–H groups in total. The Labute approximate surface area is 130 Å². The van der Waals surface area contributed by atoms with Gasteiger partial charge in [0.15, 0.2) is 11.5 Å². The first kappa shape index (κ1) is 16.3. The summed E-state index contributed by atoms with van der Waals surface area (Å²) in [5.41, 5.74) is -0.550. The number of hydrogen-bond donors (Lipinski definition) is 1. The first-order chi connectivity index (χ1) is 10.2. The van der Waals surface area contributed by atoms with Crippen LogP contribution in [0.15, 0.2) is 27.9 Å². The van der Waals surface area contributed by atoms with Gasteiger partial charge in [-0.1, -0.05) is 27.7 Å². The van der Waals surface area contributed by atoms with E-state index in [9.17, 15) is 14.7 Å². The summed E-state index contributed by atoms with van der Waals surface area (Å²) in [7, 11) is 0. The molecule has 0 saturated carbocycles. The summed E-state index contributed by atoms with van der Waals surface area (Å²) in [6, 6.07) is 2.90. The van der Waals surface area contributed by atoms with Crippen LogP contribution in [0.25, 0.3) is 0 Å². The van der Waals surface area contributed by atoms with Gasteiger partial charge >= 0.3 is 0 Å². The lowest BCUT2D eigenvalue weighted by Crippen LogP contribution is -2.33. The third-order valence-corrected chi connectivity index (χ3v) is 3.72. The highest BCUT2D eigenvalue weighted by Crippen LogP contribution is 2.41. The number of Topliss-reactive ketones (excluding diaryl/α,β-unsaturated/α-hetero) is 1.